The van der Waals surface area contributed by atoms with E-state index in [1.54, 1.807) is 36.4 Å². The Bertz CT molecular complexity index is 1590. The van der Waals surface area contributed by atoms with Gasteiger partial charge >= 0.3 is 0 Å². The van der Waals surface area contributed by atoms with E-state index in [1.807, 2.05) is 83.1 Å². The van der Waals surface area contributed by atoms with Gasteiger partial charge in [-0.25, -0.2) is 0 Å². The second kappa shape index (κ2) is 14.8. The Balaban J connectivity index is 0.00000106. The molecule has 4 aromatic rings. The van der Waals surface area contributed by atoms with Crippen molar-refractivity contribution in [3.63, 3.8) is 0 Å². The van der Waals surface area contributed by atoms with E-state index in [-0.39, 0.29) is 43.1 Å². The van der Waals surface area contributed by atoms with E-state index in [9.17, 15) is 19.2 Å². The van der Waals surface area contributed by atoms with Gasteiger partial charge in [0.25, 0.3) is 23.6 Å². The Labute approximate surface area is 276 Å². The van der Waals surface area contributed by atoms with E-state index >= 15 is 0 Å². The Morgan fingerprint density at radius 3 is 1.09 bits per heavy atom. The van der Waals surface area contributed by atoms with E-state index in [4.69, 9.17) is 9.47 Å². The van der Waals surface area contributed by atoms with E-state index in [1.165, 1.54) is 14.1 Å². The summed E-state index contributed by atoms with van der Waals surface area (Å²) in [6.07, 6.45) is 0. The van der Waals surface area contributed by atoms with Crippen LogP contribution in [0.2, 0.25) is 0 Å². The summed E-state index contributed by atoms with van der Waals surface area (Å²) in [5.74, 6) is 1.91. The molecule has 0 aliphatic carbocycles. The molecule has 4 aromatic carbocycles. The number of amides is 4. The van der Waals surface area contributed by atoms with Crippen LogP contribution >= 0.6 is 0 Å². The van der Waals surface area contributed by atoms with Gasteiger partial charge in [-0.15, -0.1) is 41.3 Å². The van der Waals surface area contributed by atoms with Gasteiger partial charge in [0.2, 0.25) is 0 Å². The Morgan fingerprint density at radius 2 is 0.756 bits per heavy atom. The number of ether oxygens (including phenoxy) is 2. The van der Waals surface area contributed by atoms with Gasteiger partial charge in [-0.05, 0) is 36.4 Å². The van der Waals surface area contributed by atoms with E-state index in [0.717, 1.165) is 26.8 Å². The molecule has 1 radical (unpaired) electrons. The molecule has 6 rings (SSSR count). The molecule has 0 saturated heterocycles. The van der Waals surface area contributed by atoms with Crippen LogP contribution in [0.5, 0.6) is 23.0 Å². The maximum Gasteiger partial charge on any atom is 0.261 e. The van der Waals surface area contributed by atoms with Gasteiger partial charge in [0.15, 0.2) is 0 Å². The Morgan fingerprint density at radius 1 is 0.467 bits per heavy atom. The number of hydrogen-bond donors (Lipinski definition) is 0. The zero-order valence-electron chi connectivity index (χ0n) is 26.3. The van der Waals surface area contributed by atoms with Crippen molar-refractivity contribution in [1.29, 1.82) is 0 Å². The molecule has 2 heterocycles. The van der Waals surface area contributed by atoms with Crippen LogP contribution in [-0.2, 0) is 19.5 Å². The van der Waals surface area contributed by atoms with Crippen LogP contribution in [-0.4, -0.2) is 47.5 Å². The van der Waals surface area contributed by atoms with E-state index in [0.29, 0.717) is 45.3 Å². The fourth-order valence-electron chi connectivity index (χ4n) is 4.79. The quantitative estimate of drug-likeness (QED) is 0.116. The number of fused-ring (bicyclic) bond motifs is 2. The summed E-state index contributed by atoms with van der Waals surface area (Å²) in [6.45, 7) is 10.0. The number of hydrogen-bond acceptors (Lipinski definition) is 6. The first kappa shape index (κ1) is 34.7. The maximum absolute atomic E-state index is 12.3. The van der Waals surface area contributed by atoms with Gasteiger partial charge in [-0.3, -0.25) is 29.0 Å². The smallest absolute Gasteiger partial charge is 0.261 e. The zero-order chi connectivity index (χ0) is 32.1. The predicted molar refractivity (Wildman–Crippen MR) is 169 cm³/mol. The molecule has 2 aliphatic heterocycles. The molecule has 0 fully saturated rings. The predicted octanol–water partition coefficient (Wildman–Crippen LogP) is 7.76. The van der Waals surface area contributed by atoms with Crippen molar-refractivity contribution in [2.24, 2.45) is 0 Å². The summed E-state index contributed by atoms with van der Waals surface area (Å²) in [5, 5.41) is 0. The van der Waals surface area contributed by atoms with Gasteiger partial charge in [-0.2, -0.15) is 0 Å². The topological polar surface area (TPSA) is 93.2 Å². The van der Waals surface area contributed by atoms with E-state index in [2.05, 4.69) is 0 Å². The van der Waals surface area contributed by atoms with Gasteiger partial charge in [0.05, 0.1) is 22.3 Å². The summed E-state index contributed by atoms with van der Waals surface area (Å²) in [4.78, 5) is 50.9. The summed E-state index contributed by atoms with van der Waals surface area (Å²) < 4.78 is 11.9. The van der Waals surface area contributed by atoms with Crippen LogP contribution in [0.3, 0.4) is 0 Å². The number of rotatable bonds is 6. The first-order valence-corrected chi connectivity index (χ1v) is 14.5. The van der Waals surface area contributed by atoms with Crippen LogP contribution in [0.15, 0.2) is 84.9 Å². The fraction of sp³-hybridized carbons (Fsp3) is 0.194. The molecule has 4 amide bonds. The van der Waals surface area contributed by atoms with Crippen LogP contribution in [0.1, 0.15) is 87.2 Å². The molecule has 0 unspecified atom stereocenters. The molecule has 235 valence electrons. The van der Waals surface area contributed by atoms with Crippen molar-refractivity contribution in [3.8, 4) is 23.0 Å². The fourth-order valence-corrected chi connectivity index (χ4v) is 4.79. The molecule has 0 aromatic heterocycles. The van der Waals surface area contributed by atoms with Gasteiger partial charge < -0.3 is 9.47 Å². The number of nitrogens with zero attached hydrogens (tertiary/aromatic N) is 2. The van der Waals surface area contributed by atoms with Crippen molar-refractivity contribution in [3.05, 3.63) is 124 Å². The Hall–Kier alpha value is -4.75. The molecule has 0 atom stereocenters. The van der Waals surface area contributed by atoms with Crippen molar-refractivity contribution in [2.75, 3.05) is 14.1 Å². The third-order valence-electron chi connectivity index (χ3n) is 7.17. The number of carbonyl (C=O) groups excluding carboxylic acids is 4. The minimum Gasteiger partial charge on any atom is -0.459 e. The third-order valence-corrected chi connectivity index (χ3v) is 7.17. The Kier molecular flexibility index (Phi) is 11.4. The first-order valence-electron chi connectivity index (χ1n) is 14.5. The average molecular weight is 695 g/mol. The van der Waals surface area contributed by atoms with E-state index < -0.39 is 0 Å². The molecule has 0 saturated carbocycles. The van der Waals surface area contributed by atoms with Gasteiger partial charge in [0.1, 0.15) is 23.0 Å². The number of benzene rings is 4. The molecule has 0 N–H and O–H groups in total. The molecular formula is C36H35N2O6Rh-. The zero-order valence-corrected chi connectivity index (χ0v) is 27.9. The summed E-state index contributed by atoms with van der Waals surface area (Å²) in [6, 6.07) is 24.9. The molecule has 2 aliphatic rings. The molecular weight excluding hydrogens is 659 g/mol. The van der Waals surface area contributed by atoms with Crippen molar-refractivity contribution in [1.82, 2.24) is 9.80 Å². The van der Waals surface area contributed by atoms with Crippen LogP contribution in [0.4, 0.5) is 0 Å². The molecule has 45 heavy (non-hydrogen) atoms. The van der Waals surface area contributed by atoms with Crippen LogP contribution in [0, 0.1) is 5.92 Å². The number of carbonyl (C=O) groups is 4. The average Bonchev–Trinajstić information content (AvgIpc) is 3.41. The monoisotopic (exact) mass is 694 g/mol. The normalized spacial score (nSPS) is 12.7. The first-order chi connectivity index (χ1) is 21.2. The van der Waals surface area contributed by atoms with Crippen molar-refractivity contribution < 1.29 is 48.1 Å². The number of imide groups is 2. The molecule has 0 bridgehead atoms. The molecule has 8 nitrogen and oxygen atoms in total. The van der Waals surface area contributed by atoms with Crippen LogP contribution < -0.4 is 9.47 Å². The van der Waals surface area contributed by atoms with Gasteiger partial charge in [-0.1, -0.05) is 58.9 Å². The van der Waals surface area contributed by atoms with Crippen molar-refractivity contribution in [2.45, 2.75) is 34.6 Å². The minimum absolute atomic E-state index is 0. The second-order valence-electron chi connectivity index (χ2n) is 9.63. The van der Waals surface area contributed by atoms with Crippen LogP contribution in [0.25, 0.3) is 0 Å². The summed E-state index contributed by atoms with van der Waals surface area (Å²) in [5.41, 5.74) is 3.44. The largest absolute Gasteiger partial charge is 0.459 e. The summed E-state index contributed by atoms with van der Waals surface area (Å²) in [7, 11) is 2.92. The standard InChI is InChI=1S/C32H23N2O6.2C2H6.Rh/c1-18(19-4-8-21(9-5-19)39-23-12-14-25-27(16-23)31(37)33(2)29(25)35)20-6-10-22(11-7-20)40-24-13-15-26-28(17-24)32(38)34(3)30(26)36;2*1-2;/h4-17H,1-3H3;2*1-2H3;/q-1;;;. The second-order valence-corrected chi connectivity index (χ2v) is 9.63. The SMILES string of the molecule is CC.CC.C[C-](c1ccc(Oc2ccc3c(c2)C(=O)N(C)C3=O)cc1)c1ccc(Oc2ccc3c(c2)C(=O)N(C)C3=O)cc1.[Rh]. The maximum atomic E-state index is 12.3. The molecule has 0 spiro atoms. The summed E-state index contributed by atoms with van der Waals surface area (Å²) >= 11 is 0. The molecule has 9 heteroatoms. The third kappa shape index (κ3) is 6.84. The van der Waals surface area contributed by atoms with Gasteiger partial charge in [0, 0.05) is 33.6 Å². The van der Waals surface area contributed by atoms with Crippen molar-refractivity contribution >= 4 is 23.6 Å². The minimum atomic E-state index is -0.339.